The Morgan fingerprint density at radius 3 is 2.64 bits per heavy atom. The van der Waals surface area contributed by atoms with Crippen LogP contribution in [0, 0.1) is 17.1 Å². The van der Waals surface area contributed by atoms with Gasteiger partial charge >= 0.3 is 0 Å². The third kappa shape index (κ3) is 2.30. The van der Waals surface area contributed by atoms with Crippen molar-refractivity contribution in [3.63, 3.8) is 0 Å². The molecule has 1 N–H and O–H groups in total. The van der Waals surface area contributed by atoms with Crippen LogP contribution in [0.3, 0.4) is 0 Å². The molecule has 0 bridgehead atoms. The first-order valence-corrected chi connectivity index (χ1v) is 4.45. The number of nitrogens with one attached hydrogen (secondary N) is 1. The number of nitriles is 1. The van der Waals surface area contributed by atoms with Gasteiger partial charge in [-0.15, -0.1) is 0 Å². The van der Waals surface area contributed by atoms with E-state index in [0.717, 1.165) is 0 Å². The molecule has 0 saturated heterocycles. The van der Waals surface area contributed by atoms with Crippen molar-refractivity contribution in [1.29, 1.82) is 5.26 Å². The molecule has 14 heavy (non-hydrogen) atoms. The molecule has 1 aromatic carbocycles. The van der Waals surface area contributed by atoms with Gasteiger partial charge in [0.05, 0.1) is 12.6 Å². The molecule has 2 nitrogen and oxygen atoms in total. The standard InChI is InChI=1S/C11H13FN2/c1-11(2,14-8-7-13)9-5-3-4-6-10(9)12/h3-6,14H,8H2,1-2H3. The van der Waals surface area contributed by atoms with Gasteiger partial charge in [0.25, 0.3) is 0 Å². The average Bonchev–Trinajstić information content (AvgIpc) is 2.15. The van der Waals surface area contributed by atoms with E-state index < -0.39 is 5.54 Å². The highest BCUT2D eigenvalue weighted by Crippen LogP contribution is 2.22. The first-order chi connectivity index (χ1) is 6.58. The van der Waals surface area contributed by atoms with Crippen LogP contribution in [0.2, 0.25) is 0 Å². The molecule has 0 saturated carbocycles. The maximum atomic E-state index is 13.4. The highest BCUT2D eigenvalue weighted by molar-refractivity contribution is 5.24. The van der Waals surface area contributed by atoms with Crippen molar-refractivity contribution >= 4 is 0 Å². The van der Waals surface area contributed by atoms with Gasteiger partial charge in [0, 0.05) is 11.1 Å². The molecule has 1 rings (SSSR count). The second-order valence-electron chi connectivity index (χ2n) is 3.62. The van der Waals surface area contributed by atoms with Gasteiger partial charge in [-0.2, -0.15) is 5.26 Å². The number of hydrogen-bond donors (Lipinski definition) is 1. The lowest BCUT2D eigenvalue weighted by molar-refractivity contribution is 0.405. The molecule has 0 heterocycles. The molecule has 0 atom stereocenters. The zero-order valence-electron chi connectivity index (χ0n) is 8.34. The van der Waals surface area contributed by atoms with Crippen LogP contribution in [-0.4, -0.2) is 6.54 Å². The van der Waals surface area contributed by atoms with Crippen molar-refractivity contribution in [2.75, 3.05) is 6.54 Å². The van der Waals surface area contributed by atoms with Gasteiger partial charge in [-0.3, -0.25) is 5.32 Å². The van der Waals surface area contributed by atoms with Crippen LogP contribution in [0.5, 0.6) is 0 Å². The van der Waals surface area contributed by atoms with Crippen LogP contribution >= 0.6 is 0 Å². The van der Waals surface area contributed by atoms with Gasteiger partial charge in [0.2, 0.25) is 0 Å². The van der Waals surface area contributed by atoms with E-state index in [1.165, 1.54) is 6.07 Å². The number of rotatable bonds is 3. The molecule has 1 aromatic rings. The van der Waals surface area contributed by atoms with Crippen LogP contribution in [0.4, 0.5) is 4.39 Å². The first-order valence-electron chi connectivity index (χ1n) is 4.45. The molecule has 0 aromatic heterocycles. The number of nitrogens with zero attached hydrogens (tertiary/aromatic N) is 1. The highest BCUT2D eigenvalue weighted by Gasteiger charge is 2.22. The summed E-state index contributed by atoms with van der Waals surface area (Å²) in [7, 11) is 0. The Morgan fingerprint density at radius 1 is 1.43 bits per heavy atom. The maximum Gasteiger partial charge on any atom is 0.128 e. The Labute approximate surface area is 83.4 Å². The zero-order valence-corrected chi connectivity index (χ0v) is 8.34. The predicted octanol–water partition coefficient (Wildman–Crippen LogP) is 2.17. The third-order valence-electron chi connectivity index (χ3n) is 2.16. The van der Waals surface area contributed by atoms with Gasteiger partial charge < -0.3 is 0 Å². The lowest BCUT2D eigenvalue weighted by Crippen LogP contribution is -2.37. The molecule has 0 radical (unpaired) electrons. The van der Waals surface area contributed by atoms with Crippen molar-refractivity contribution in [1.82, 2.24) is 5.32 Å². The largest absolute Gasteiger partial charge is 0.295 e. The minimum absolute atomic E-state index is 0.210. The maximum absolute atomic E-state index is 13.4. The summed E-state index contributed by atoms with van der Waals surface area (Å²) in [6.07, 6.45) is 0. The van der Waals surface area contributed by atoms with E-state index in [2.05, 4.69) is 5.32 Å². The fraction of sp³-hybridized carbons (Fsp3) is 0.364. The quantitative estimate of drug-likeness (QED) is 0.745. The second kappa shape index (κ2) is 4.21. The minimum Gasteiger partial charge on any atom is -0.295 e. The number of halogens is 1. The third-order valence-corrected chi connectivity index (χ3v) is 2.16. The molecule has 3 heteroatoms. The van der Waals surface area contributed by atoms with E-state index in [9.17, 15) is 4.39 Å². The van der Waals surface area contributed by atoms with E-state index in [0.29, 0.717) is 5.56 Å². The molecule has 0 spiro atoms. The normalized spacial score (nSPS) is 11.0. The summed E-state index contributed by atoms with van der Waals surface area (Å²) in [6.45, 7) is 3.91. The Kier molecular flexibility index (Phi) is 3.21. The molecule has 0 aliphatic heterocycles. The van der Waals surface area contributed by atoms with Crippen LogP contribution in [0.1, 0.15) is 19.4 Å². The summed E-state index contributed by atoms with van der Waals surface area (Å²) in [5.41, 5.74) is 0.0661. The van der Waals surface area contributed by atoms with E-state index in [1.54, 1.807) is 18.2 Å². The summed E-state index contributed by atoms with van der Waals surface area (Å²) in [5, 5.41) is 11.4. The Hall–Kier alpha value is -1.40. The molecular weight excluding hydrogens is 179 g/mol. The predicted molar refractivity (Wildman–Crippen MR) is 53.0 cm³/mol. The molecular formula is C11H13FN2. The molecule has 74 valence electrons. The molecule has 0 amide bonds. The molecule has 0 unspecified atom stereocenters. The summed E-state index contributed by atoms with van der Waals surface area (Å²) >= 11 is 0. The molecule has 0 aliphatic rings. The van der Waals surface area contributed by atoms with E-state index >= 15 is 0 Å². The smallest absolute Gasteiger partial charge is 0.128 e. The SMILES string of the molecule is CC(C)(NCC#N)c1ccccc1F. The molecule has 0 fully saturated rings. The van der Waals surface area contributed by atoms with Gasteiger partial charge in [-0.25, -0.2) is 4.39 Å². The summed E-state index contributed by atoms with van der Waals surface area (Å²) in [4.78, 5) is 0. The van der Waals surface area contributed by atoms with Crippen molar-refractivity contribution in [3.8, 4) is 6.07 Å². The first kappa shape index (κ1) is 10.7. The number of benzene rings is 1. The van der Waals surface area contributed by atoms with Crippen molar-refractivity contribution in [2.24, 2.45) is 0 Å². The van der Waals surface area contributed by atoms with Crippen LogP contribution < -0.4 is 5.32 Å². The van der Waals surface area contributed by atoms with E-state index in [4.69, 9.17) is 5.26 Å². The van der Waals surface area contributed by atoms with Gasteiger partial charge in [0.15, 0.2) is 0 Å². The Bertz CT molecular complexity index is 353. The van der Waals surface area contributed by atoms with Gasteiger partial charge in [0.1, 0.15) is 5.82 Å². The van der Waals surface area contributed by atoms with Crippen molar-refractivity contribution in [2.45, 2.75) is 19.4 Å². The minimum atomic E-state index is -0.513. The van der Waals surface area contributed by atoms with Crippen molar-refractivity contribution < 1.29 is 4.39 Å². The number of hydrogen-bond acceptors (Lipinski definition) is 2. The zero-order chi connectivity index (χ0) is 10.6. The Morgan fingerprint density at radius 2 is 2.07 bits per heavy atom. The van der Waals surface area contributed by atoms with Crippen molar-refractivity contribution in [3.05, 3.63) is 35.6 Å². The summed E-state index contributed by atoms with van der Waals surface area (Å²) in [6, 6.07) is 8.56. The van der Waals surface area contributed by atoms with Crippen LogP contribution in [0.25, 0.3) is 0 Å². The van der Waals surface area contributed by atoms with Gasteiger partial charge in [-0.1, -0.05) is 18.2 Å². The van der Waals surface area contributed by atoms with Crippen LogP contribution in [-0.2, 0) is 5.54 Å². The fourth-order valence-electron chi connectivity index (χ4n) is 1.32. The average molecular weight is 192 g/mol. The summed E-state index contributed by atoms with van der Waals surface area (Å²) in [5.74, 6) is -0.247. The second-order valence-corrected chi connectivity index (χ2v) is 3.62. The summed E-state index contributed by atoms with van der Waals surface area (Å²) < 4.78 is 13.4. The molecule has 0 aliphatic carbocycles. The Balaban J connectivity index is 2.92. The monoisotopic (exact) mass is 192 g/mol. The lowest BCUT2D eigenvalue weighted by Gasteiger charge is -2.25. The van der Waals surface area contributed by atoms with Crippen LogP contribution in [0.15, 0.2) is 24.3 Å². The van der Waals surface area contributed by atoms with E-state index in [1.807, 2.05) is 19.9 Å². The van der Waals surface area contributed by atoms with Gasteiger partial charge in [-0.05, 0) is 19.9 Å². The topological polar surface area (TPSA) is 35.8 Å². The highest BCUT2D eigenvalue weighted by atomic mass is 19.1. The fourth-order valence-corrected chi connectivity index (χ4v) is 1.32. The van der Waals surface area contributed by atoms with E-state index in [-0.39, 0.29) is 12.4 Å². The lowest BCUT2D eigenvalue weighted by atomic mass is 9.94.